The third kappa shape index (κ3) is 4.39. The normalized spacial score (nSPS) is 11.6. The van der Waals surface area contributed by atoms with Gasteiger partial charge in [0.15, 0.2) is 0 Å². The summed E-state index contributed by atoms with van der Waals surface area (Å²) in [7, 11) is 0. The van der Waals surface area contributed by atoms with E-state index in [1.165, 1.54) is 0 Å². The summed E-state index contributed by atoms with van der Waals surface area (Å²) in [6.07, 6.45) is 1.23. The molecule has 0 heterocycles. The van der Waals surface area contributed by atoms with E-state index in [4.69, 9.17) is 0 Å². The molecule has 5 nitrogen and oxygen atoms in total. The van der Waals surface area contributed by atoms with Gasteiger partial charge < -0.3 is 15.4 Å². The number of aldehydes is 1. The Morgan fingerprint density at radius 2 is 1.63 bits per heavy atom. The van der Waals surface area contributed by atoms with Crippen molar-refractivity contribution in [1.29, 1.82) is 0 Å². The monoisotopic (exact) mass is 360 g/mol. The van der Waals surface area contributed by atoms with Crippen LogP contribution in [0.3, 0.4) is 0 Å². The lowest BCUT2D eigenvalue weighted by Gasteiger charge is -2.11. The minimum Gasteiger partial charge on any atom is -0.343 e. The molecule has 1 unspecified atom stereocenters. The van der Waals surface area contributed by atoms with E-state index in [2.05, 4.69) is 10.6 Å². The number of hydrogen-bond acceptors (Lipinski definition) is 3. The minimum atomic E-state index is -0.520. The van der Waals surface area contributed by atoms with Crippen molar-refractivity contribution in [1.82, 2.24) is 5.32 Å². The van der Waals surface area contributed by atoms with Crippen LogP contribution in [-0.4, -0.2) is 24.1 Å². The highest BCUT2D eigenvalue weighted by Gasteiger charge is 2.13. The molecule has 0 aromatic heterocycles. The van der Waals surface area contributed by atoms with Crippen LogP contribution in [-0.2, 0) is 4.79 Å². The maximum atomic E-state index is 12.6. The highest BCUT2D eigenvalue weighted by atomic mass is 16.2. The summed E-state index contributed by atoms with van der Waals surface area (Å²) in [6.45, 7) is 1.82. The summed E-state index contributed by atoms with van der Waals surface area (Å²) < 4.78 is 0. The molecule has 0 saturated heterocycles. The maximum absolute atomic E-state index is 12.6. The van der Waals surface area contributed by atoms with Gasteiger partial charge in [-0.2, -0.15) is 0 Å². The number of carbonyl (C=O) groups is 3. The number of carbonyl (C=O) groups excluding carboxylic acids is 3. The lowest BCUT2D eigenvalue weighted by molar-refractivity contribution is -0.109. The van der Waals surface area contributed by atoms with E-state index in [1.54, 1.807) is 30.3 Å². The van der Waals surface area contributed by atoms with Crippen LogP contribution in [0.1, 0.15) is 34.1 Å². The molecule has 136 valence electrons. The van der Waals surface area contributed by atoms with E-state index in [0.717, 1.165) is 10.8 Å². The second kappa shape index (κ2) is 8.27. The van der Waals surface area contributed by atoms with Crippen LogP contribution in [0.15, 0.2) is 66.7 Å². The van der Waals surface area contributed by atoms with Crippen molar-refractivity contribution in [3.63, 3.8) is 0 Å². The zero-order valence-electron chi connectivity index (χ0n) is 14.9. The Morgan fingerprint density at radius 3 is 2.37 bits per heavy atom. The largest absolute Gasteiger partial charge is 0.343 e. The first-order valence-electron chi connectivity index (χ1n) is 8.77. The Bertz CT molecular complexity index is 998. The van der Waals surface area contributed by atoms with E-state index in [1.807, 2.05) is 43.3 Å². The third-order valence-electron chi connectivity index (χ3n) is 4.31. The molecule has 0 radical (unpaired) electrons. The topological polar surface area (TPSA) is 75.3 Å². The highest BCUT2D eigenvalue weighted by molar-refractivity contribution is 6.07. The van der Waals surface area contributed by atoms with Crippen molar-refractivity contribution >= 4 is 34.6 Å². The zero-order chi connectivity index (χ0) is 19.2. The molecule has 0 aliphatic heterocycles. The number of rotatable bonds is 6. The fourth-order valence-electron chi connectivity index (χ4n) is 2.76. The molecule has 0 saturated carbocycles. The number of amides is 2. The molecular formula is C22H20N2O3. The lowest BCUT2D eigenvalue weighted by Crippen LogP contribution is -2.35. The first kappa shape index (κ1) is 18.3. The summed E-state index contributed by atoms with van der Waals surface area (Å²) in [5, 5.41) is 7.50. The molecule has 3 aromatic rings. The molecule has 3 aromatic carbocycles. The van der Waals surface area contributed by atoms with Gasteiger partial charge >= 0.3 is 0 Å². The van der Waals surface area contributed by atoms with Crippen LogP contribution >= 0.6 is 0 Å². The van der Waals surface area contributed by atoms with E-state index >= 15 is 0 Å². The Balaban J connectivity index is 1.75. The number of benzene rings is 3. The van der Waals surface area contributed by atoms with Crippen LogP contribution in [0.2, 0.25) is 0 Å². The van der Waals surface area contributed by atoms with Crippen LogP contribution in [0, 0.1) is 0 Å². The van der Waals surface area contributed by atoms with Crippen LogP contribution in [0.25, 0.3) is 10.8 Å². The van der Waals surface area contributed by atoms with E-state index < -0.39 is 6.04 Å². The van der Waals surface area contributed by atoms with Crippen molar-refractivity contribution < 1.29 is 14.4 Å². The Hall–Kier alpha value is -3.47. The second-order valence-electron chi connectivity index (χ2n) is 6.22. The fourth-order valence-corrected chi connectivity index (χ4v) is 2.76. The summed E-state index contributed by atoms with van der Waals surface area (Å²) in [5.74, 6) is -0.603. The van der Waals surface area contributed by atoms with Crippen molar-refractivity contribution in [3.8, 4) is 0 Å². The van der Waals surface area contributed by atoms with Gasteiger partial charge in [0, 0.05) is 16.8 Å². The van der Waals surface area contributed by atoms with Crippen molar-refractivity contribution in [2.75, 3.05) is 5.32 Å². The average Bonchev–Trinajstić information content (AvgIpc) is 2.71. The van der Waals surface area contributed by atoms with E-state index in [0.29, 0.717) is 29.5 Å². The molecule has 1 atom stereocenters. The number of fused-ring (bicyclic) bond motifs is 1. The fraction of sp³-hybridized carbons (Fsp3) is 0.136. The van der Waals surface area contributed by atoms with Gasteiger partial charge in [-0.05, 0) is 47.5 Å². The van der Waals surface area contributed by atoms with Gasteiger partial charge in [-0.15, -0.1) is 0 Å². The SMILES string of the molecule is CCC(C=O)NC(=O)c1cccc(NC(=O)c2ccc3ccccc3c2)c1. The molecule has 3 rings (SSSR count). The lowest BCUT2D eigenvalue weighted by atomic mass is 10.1. The summed E-state index contributed by atoms with van der Waals surface area (Å²) in [6, 6.07) is 19.4. The van der Waals surface area contributed by atoms with E-state index in [-0.39, 0.29) is 11.8 Å². The third-order valence-corrected chi connectivity index (χ3v) is 4.31. The van der Waals surface area contributed by atoms with Crippen molar-refractivity contribution in [2.24, 2.45) is 0 Å². The van der Waals surface area contributed by atoms with Crippen LogP contribution < -0.4 is 10.6 Å². The summed E-state index contributed by atoms with van der Waals surface area (Å²) in [4.78, 5) is 35.7. The molecule has 0 aliphatic rings. The summed E-state index contributed by atoms with van der Waals surface area (Å²) in [5.41, 5.74) is 1.43. The van der Waals surface area contributed by atoms with Gasteiger partial charge in [-0.3, -0.25) is 9.59 Å². The van der Waals surface area contributed by atoms with Crippen molar-refractivity contribution in [3.05, 3.63) is 77.9 Å². The quantitative estimate of drug-likeness (QED) is 0.657. The first-order valence-corrected chi connectivity index (χ1v) is 8.77. The standard InChI is InChI=1S/C22H20N2O3/c1-2-19(14-25)23-21(26)17-8-5-9-20(13-17)24-22(27)18-11-10-15-6-3-4-7-16(15)12-18/h3-14,19H,2H2,1H3,(H,23,26)(H,24,27). The van der Waals surface area contributed by atoms with Gasteiger partial charge in [0.25, 0.3) is 11.8 Å². The minimum absolute atomic E-state index is 0.252. The Labute approximate surface area is 157 Å². The number of hydrogen-bond donors (Lipinski definition) is 2. The van der Waals surface area contributed by atoms with Gasteiger partial charge in [0.05, 0.1) is 6.04 Å². The molecule has 5 heteroatoms. The maximum Gasteiger partial charge on any atom is 0.255 e. The van der Waals surface area contributed by atoms with Gasteiger partial charge in [-0.1, -0.05) is 43.3 Å². The Morgan fingerprint density at radius 1 is 0.889 bits per heavy atom. The molecule has 0 bridgehead atoms. The summed E-state index contributed by atoms with van der Waals surface area (Å²) >= 11 is 0. The Kier molecular flexibility index (Phi) is 5.61. The molecule has 2 N–H and O–H groups in total. The van der Waals surface area contributed by atoms with Gasteiger partial charge in [0.1, 0.15) is 6.29 Å². The molecule has 0 spiro atoms. The number of nitrogens with one attached hydrogen (secondary N) is 2. The zero-order valence-corrected chi connectivity index (χ0v) is 14.9. The average molecular weight is 360 g/mol. The van der Waals surface area contributed by atoms with E-state index in [9.17, 15) is 14.4 Å². The molecule has 0 fully saturated rings. The highest BCUT2D eigenvalue weighted by Crippen LogP contribution is 2.17. The first-order chi connectivity index (χ1) is 13.1. The smallest absolute Gasteiger partial charge is 0.255 e. The van der Waals surface area contributed by atoms with Crippen LogP contribution in [0.4, 0.5) is 5.69 Å². The molecule has 27 heavy (non-hydrogen) atoms. The van der Waals surface area contributed by atoms with Crippen molar-refractivity contribution in [2.45, 2.75) is 19.4 Å². The van der Waals surface area contributed by atoms with Gasteiger partial charge in [0.2, 0.25) is 0 Å². The van der Waals surface area contributed by atoms with Crippen LogP contribution in [0.5, 0.6) is 0 Å². The molecule has 2 amide bonds. The van der Waals surface area contributed by atoms with Gasteiger partial charge in [-0.25, -0.2) is 0 Å². The second-order valence-corrected chi connectivity index (χ2v) is 6.22. The predicted octanol–water partition coefficient (Wildman–Crippen LogP) is 3.80. The number of anilines is 1. The molecular weight excluding hydrogens is 340 g/mol. The molecule has 0 aliphatic carbocycles. The predicted molar refractivity (Wildman–Crippen MR) is 106 cm³/mol.